The molecule has 17 heavy (non-hydrogen) atoms. The van der Waals surface area contributed by atoms with E-state index in [0.717, 1.165) is 11.3 Å². The van der Waals surface area contributed by atoms with E-state index >= 15 is 0 Å². The summed E-state index contributed by atoms with van der Waals surface area (Å²) < 4.78 is 5.22. The van der Waals surface area contributed by atoms with Crippen LogP contribution >= 0.6 is 22.9 Å². The summed E-state index contributed by atoms with van der Waals surface area (Å²) >= 11 is 7.59. The molecule has 0 saturated heterocycles. The van der Waals surface area contributed by atoms with E-state index in [1.165, 1.54) is 0 Å². The summed E-state index contributed by atoms with van der Waals surface area (Å²) in [4.78, 5) is 4.32. The summed E-state index contributed by atoms with van der Waals surface area (Å²) in [7, 11) is 3.52. The van der Waals surface area contributed by atoms with Crippen molar-refractivity contribution in [1.29, 1.82) is 0 Å². The van der Waals surface area contributed by atoms with Gasteiger partial charge in [0.1, 0.15) is 5.75 Å². The van der Waals surface area contributed by atoms with E-state index in [1.54, 1.807) is 18.4 Å². The molecule has 3 nitrogen and oxygen atoms in total. The van der Waals surface area contributed by atoms with Gasteiger partial charge in [-0.2, -0.15) is 0 Å². The Bertz CT molecular complexity index is 487. The third kappa shape index (κ3) is 2.60. The molecule has 2 rings (SSSR count). The number of hydrogen-bond acceptors (Lipinski definition) is 4. The van der Waals surface area contributed by atoms with Crippen molar-refractivity contribution in [3.05, 3.63) is 45.4 Å². The Morgan fingerprint density at radius 3 is 2.88 bits per heavy atom. The molecule has 0 radical (unpaired) electrons. The molecule has 0 aliphatic rings. The van der Waals surface area contributed by atoms with Gasteiger partial charge in [-0.25, -0.2) is 4.98 Å². The number of thiazole rings is 1. The van der Waals surface area contributed by atoms with E-state index < -0.39 is 0 Å². The zero-order valence-electron chi connectivity index (χ0n) is 9.61. The number of rotatable bonds is 4. The number of ether oxygens (including phenoxy) is 1. The largest absolute Gasteiger partial charge is 0.495 e. The lowest BCUT2D eigenvalue weighted by molar-refractivity contribution is 0.414. The second-order valence-electron chi connectivity index (χ2n) is 3.53. The van der Waals surface area contributed by atoms with Gasteiger partial charge in [-0.1, -0.05) is 17.7 Å². The second kappa shape index (κ2) is 5.49. The minimum Gasteiger partial charge on any atom is -0.495 e. The number of benzene rings is 1. The van der Waals surface area contributed by atoms with Gasteiger partial charge < -0.3 is 10.1 Å². The van der Waals surface area contributed by atoms with Crippen molar-refractivity contribution in [1.82, 2.24) is 10.3 Å². The maximum Gasteiger partial charge on any atom is 0.137 e. The molecule has 0 fully saturated rings. The highest BCUT2D eigenvalue weighted by Crippen LogP contribution is 2.30. The fourth-order valence-electron chi connectivity index (χ4n) is 1.71. The van der Waals surface area contributed by atoms with Gasteiger partial charge in [0.15, 0.2) is 0 Å². The molecule has 0 amide bonds. The summed E-state index contributed by atoms with van der Waals surface area (Å²) in [6.45, 7) is 0. The number of nitrogens with one attached hydrogen (secondary N) is 1. The Kier molecular flexibility index (Phi) is 3.99. The normalized spacial score (nSPS) is 12.4. The molecule has 1 atom stereocenters. The highest BCUT2D eigenvalue weighted by atomic mass is 35.5. The molecule has 90 valence electrons. The third-order valence-electron chi connectivity index (χ3n) is 2.54. The lowest BCUT2D eigenvalue weighted by atomic mass is 10.0. The molecule has 0 aliphatic carbocycles. The average Bonchev–Trinajstić information content (AvgIpc) is 2.86. The van der Waals surface area contributed by atoms with Gasteiger partial charge in [0.2, 0.25) is 0 Å². The summed E-state index contributed by atoms with van der Waals surface area (Å²) in [5, 5.41) is 5.88. The molecule has 1 heterocycles. The zero-order chi connectivity index (χ0) is 12.3. The second-order valence-corrected chi connectivity index (χ2v) is 4.65. The van der Waals surface area contributed by atoms with Crippen LogP contribution in [0.3, 0.4) is 0 Å². The molecular weight excluding hydrogens is 256 g/mol. The first-order valence-electron chi connectivity index (χ1n) is 5.15. The van der Waals surface area contributed by atoms with Gasteiger partial charge in [-0.15, -0.1) is 11.3 Å². The van der Waals surface area contributed by atoms with Gasteiger partial charge in [-0.05, 0) is 24.7 Å². The maximum absolute atomic E-state index is 6.01. The van der Waals surface area contributed by atoms with E-state index in [-0.39, 0.29) is 6.04 Å². The fraction of sp³-hybridized carbons (Fsp3) is 0.250. The van der Waals surface area contributed by atoms with E-state index in [2.05, 4.69) is 10.3 Å². The van der Waals surface area contributed by atoms with Crippen molar-refractivity contribution in [2.24, 2.45) is 0 Å². The predicted octanol–water partition coefficient (Wildman–Crippen LogP) is 3.11. The first-order chi connectivity index (χ1) is 8.26. The van der Waals surface area contributed by atoms with Gasteiger partial charge in [0.05, 0.1) is 29.4 Å². The number of hydrogen-bond donors (Lipinski definition) is 1. The van der Waals surface area contributed by atoms with Crippen LogP contribution in [0.25, 0.3) is 0 Å². The minimum atomic E-state index is 0.0624. The molecule has 1 unspecified atom stereocenters. The van der Waals surface area contributed by atoms with Crippen LogP contribution < -0.4 is 10.1 Å². The van der Waals surface area contributed by atoms with Crippen LogP contribution in [-0.2, 0) is 0 Å². The topological polar surface area (TPSA) is 34.1 Å². The van der Waals surface area contributed by atoms with Crippen LogP contribution in [0.4, 0.5) is 0 Å². The molecule has 2 aromatic rings. The molecule has 5 heteroatoms. The Hall–Kier alpha value is -1.10. The number of halogens is 1. The molecule has 1 aromatic heterocycles. The summed E-state index contributed by atoms with van der Waals surface area (Å²) in [5.41, 5.74) is 3.91. The van der Waals surface area contributed by atoms with Gasteiger partial charge in [-0.3, -0.25) is 0 Å². The van der Waals surface area contributed by atoms with Crippen LogP contribution in [0.5, 0.6) is 5.75 Å². The monoisotopic (exact) mass is 268 g/mol. The van der Waals surface area contributed by atoms with E-state index in [0.29, 0.717) is 10.8 Å². The highest BCUT2D eigenvalue weighted by molar-refractivity contribution is 7.07. The maximum atomic E-state index is 6.01. The van der Waals surface area contributed by atoms with Gasteiger partial charge in [0.25, 0.3) is 0 Å². The SMILES string of the molecule is CNC(c1ccc(Cl)c(OC)c1)c1cscn1. The Morgan fingerprint density at radius 1 is 1.47 bits per heavy atom. The Balaban J connectivity index is 2.38. The molecule has 0 bridgehead atoms. The summed E-state index contributed by atoms with van der Waals surface area (Å²) in [6, 6.07) is 5.81. The van der Waals surface area contributed by atoms with Crippen molar-refractivity contribution >= 4 is 22.9 Å². The third-order valence-corrected chi connectivity index (χ3v) is 3.46. The lowest BCUT2D eigenvalue weighted by Gasteiger charge is -2.15. The van der Waals surface area contributed by atoms with Crippen LogP contribution in [0, 0.1) is 0 Å². The van der Waals surface area contributed by atoms with Crippen molar-refractivity contribution in [2.45, 2.75) is 6.04 Å². The molecular formula is C12H13ClN2OS. The quantitative estimate of drug-likeness (QED) is 0.925. The smallest absolute Gasteiger partial charge is 0.137 e. The lowest BCUT2D eigenvalue weighted by Crippen LogP contribution is -2.17. The molecule has 1 aromatic carbocycles. The van der Waals surface area contributed by atoms with Crippen LogP contribution in [0.2, 0.25) is 5.02 Å². The number of methoxy groups -OCH3 is 1. The van der Waals surface area contributed by atoms with E-state index in [4.69, 9.17) is 16.3 Å². The van der Waals surface area contributed by atoms with E-state index in [1.807, 2.05) is 36.1 Å². The van der Waals surface area contributed by atoms with E-state index in [9.17, 15) is 0 Å². The van der Waals surface area contributed by atoms with Crippen molar-refractivity contribution in [2.75, 3.05) is 14.2 Å². The zero-order valence-corrected chi connectivity index (χ0v) is 11.2. The molecule has 0 spiro atoms. The minimum absolute atomic E-state index is 0.0624. The standard InChI is InChI=1S/C12H13ClN2OS/c1-14-12(10-6-17-7-15-10)8-3-4-9(13)11(5-8)16-2/h3-7,12,14H,1-2H3. The van der Waals surface area contributed by atoms with Crippen LogP contribution in [-0.4, -0.2) is 19.1 Å². The van der Waals surface area contributed by atoms with Crippen LogP contribution in [0.1, 0.15) is 17.3 Å². The Morgan fingerprint density at radius 2 is 2.29 bits per heavy atom. The first kappa shape index (κ1) is 12.4. The Labute approximate surface area is 109 Å². The predicted molar refractivity (Wildman–Crippen MR) is 71.0 cm³/mol. The van der Waals surface area contributed by atoms with Crippen molar-refractivity contribution in [3.63, 3.8) is 0 Å². The van der Waals surface area contributed by atoms with Crippen molar-refractivity contribution < 1.29 is 4.74 Å². The average molecular weight is 269 g/mol. The first-order valence-corrected chi connectivity index (χ1v) is 6.47. The molecule has 0 saturated carbocycles. The number of nitrogens with zero attached hydrogens (tertiary/aromatic N) is 1. The van der Waals surface area contributed by atoms with Gasteiger partial charge >= 0.3 is 0 Å². The highest BCUT2D eigenvalue weighted by Gasteiger charge is 2.15. The number of aromatic nitrogens is 1. The van der Waals surface area contributed by atoms with Gasteiger partial charge in [0, 0.05) is 5.38 Å². The molecule has 1 N–H and O–H groups in total. The summed E-state index contributed by atoms with van der Waals surface area (Å²) in [6.07, 6.45) is 0. The summed E-state index contributed by atoms with van der Waals surface area (Å²) in [5.74, 6) is 0.680. The van der Waals surface area contributed by atoms with Crippen LogP contribution in [0.15, 0.2) is 29.1 Å². The molecule has 0 aliphatic heterocycles. The fourth-order valence-corrected chi connectivity index (χ4v) is 2.48. The van der Waals surface area contributed by atoms with Crippen molar-refractivity contribution in [3.8, 4) is 5.75 Å².